The second kappa shape index (κ2) is 5.48. The molecule has 1 heterocycles. The van der Waals surface area contributed by atoms with E-state index in [2.05, 4.69) is 30.8 Å². The maximum absolute atomic E-state index is 6.08. The highest BCUT2D eigenvalue weighted by molar-refractivity contribution is 5.75. The normalized spacial score (nSPS) is 18.7. The second-order valence-electron chi connectivity index (χ2n) is 5.23. The maximum Gasteiger partial charge on any atom is 0.145 e. The van der Waals surface area contributed by atoms with Crippen LogP contribution < -0.4 is 15.4 Å². The van der Waals surface area contributed by atoms with Crippen molar-refractivity contribution >= 4 is 11.4 Å². The third-order valence-corrected chi connectivity index (χ3v) is 3.19. The summed E-state index contributed by atoms with van der Waals surface area (Å²) < 4.78 is 5.84. The van der Waals surface area contributed by atoms with Gasteiger partial charge in [0.25, 0.3) is 0 Å². The zero-order chi connectivity index (χ0) is 13.1. The average Bonchev–Trinajstić information content (AvgIpc) is 2.27. The minimum Gasteiger partial charge on any atom is -0.487 e. The van der Waals surface area contributed by atoms with Crippen LogP contribution in [0.4, 0.5) is 11.4 Å². The van der Waals surface area contributed by atoms with Crippen LogP contribution in [0.3, 0.4) is 0 Å². The molecule has 1 aliphatic rings. The number of para-hydroxylation sites is 1. The van der Waals surface area contributed by atoms with Crippen LogP contribution in [-0.4, -0.2) is 44.7 Å². The Bertz CT molecular complexity index is 406. The molecule has 1 aliphatic heterocycles. The van der Waals surface area contributed by atoms with E-state index < -0.39 is 0 Å². The monoisotopic (exact) mass is 249 g/mol. The predicted molar refractivity (Wildman–Crippen MR) is 76.3 cm³/mol. The van der Waals surface area contributed by atoms with Gasteiger partial charge in [0.1, 0.15) is 17.5 Å². The lowest BCUT2D eigenvalue weighted by Gasteiger charge is -2.36. The number of fused-ring (bicyclic) bond motifs is 1. The van der Waals surface area contributed by atoms with Crippen molar-refractivity contribution in [3.8, 4) is 5.75 Å². The molecule has 2 N–H and O–H groups in total. The number of hydrogen-bond donors (Lipinski definition) is 1. The van der Waals surface area contributed by atoms with Crippen molar-refractivity contribution in [2.75, 3.05) is 44.4 Å². The lowest BCUT2D eigenvalue weighted by molar-refractivity contribution is 0.212. The largest absolute Gasteiger partial charge is 0.487 e. The van der Waals surface area contributed by atoms with Crippen LogP contribution in [0.25, 0.3) is 0 Å². The molecule has 0 aliphatic carbocycles. The summed E-state index contributed by atoms with van der Waals surface area (Å²) in [6, 6.07) is 5.89. The number of hydrogen-bond acceptors (Lipinski definition) is 4. The maximum atomic E-state index is 6.08. The molecule has 0 amide bonds. The van der Waals surface area contributed by atoms with Crippen LogP contribution >= 0.6 is 0 Å². The first kappa shape index (κ1) is 13.0. The zero-order valence-electron chi connectivity index (χ0n) is 11.5. The van der Waals surface area contributed by atoms with E-state index in [1.165, 1.54) is 0 Å². The summed E-state index contributed by atoms with van der Waals surface area (Å²) in [4.78, 5) is 4.56. The summed E-state index contributed by atoms with van der Waals surface area (Å²) in [5, 5.41) is 0. The van der Waals surface area contributed by atoms with Crippen molar-refractivity contribution in [3.05, 3.63) is 18.2 Å². The standard InChI is InChI=1S/C14H23N3O/c1-11-10-17(9-5-8-16(2)3)14-12(15)6-4-7-13(14)18-11/h4,6-7,11H,5,8-10,15H2,1-3H3. The molecule has 1 aromatic carbocycles. The molecule has 1 atom stereocenters. The number of anilines is 2. The third-order valence-electron chi connectivity index (χ3n) is 3.19. The molecule has 0 saturated heterocycles. The summed E-state index contributed by atoms with van der Waals surface area (Å²) >= 11 is 0. The molecule has 0 aromatic heterocycles. The smallest absolute Gasteiger partial charge is 0.145 e. The summed E-state index contributed by atoms with van der Waals surface area (Å²) in [6.07, 6.45) is 1.35. The summed E-state index contributed by atoms with van der Waals surface area (Å²) in [5.41, 5.74) is 7.95. The number of nitrogen functional groups attached to an aromatic ring is 1. The first-order valence-corrected chi connectivity index (χ1v) is 6.52. The van der Waals surface area contributed by atoms with Crippen molar-refractivity contribution in [1.82, 2.24) is 4.90 Å². The second-order valence-corrected chi connectivity index (χ2v) is 5.23. The molecule has 0 saturated carbocycles. The Balaban J connectivity index is 2.12. The minimum absolute atomic E-state index is 0.221. The number of nitrogens with two attached hydrogens (primary N) is 1. The Morgan fingerprint density at radius 2 is 2.22 bits per heavy atom. The van der Waals surface area contributed by atoms with Gasteiger partial charge in [-0.25, -0.2) is 0 Å². The van der Waals surface area contributed by atoms with Gasteiger partial charge in [-0.1, -0.05) is 6.07 Å². The third kappa shape index (κ3) is 2.88. The quantitative estimate of drug-likeness (QED) is 0.826. The van der Waals surface area contributed by atoms with Crippen LogP contribution in [0.5, 0.6) is 5.75 Å². The van der Waals surface area contributed by atoms with E-state index in [1.807, 2.05) is 18.2 Å². The van der Waals surface area contributed by atoms with Crippen molar-refractivity contribution < 1.29 is 4.74 Å². The molecule has 0 fully saturated rings. The molecular formula is C14H23N3O. The highest BCUT2D eigenvalue weighted by atomic mass is 16.5. The van der Waals surface area contributed by atoms with Gasteiger partial charge >= 0.3 is 0 Å². The fraction of sp³-hybridized carbons (Fsp3) is 0.571. The molecule has 4 nitrogen and oxygen atoms in total. The fourth-order valence-electron chi connectivity index (χ4n) is 2.41. The van der Waals surface area contributed by atoms with Crippen LogP contribution in [-0.2, 0) is 0 Å². The zero-order valence-corrected chi connectivity index (χ0v) is 11.5. The van der Waals surface area contributed by atoms with Gasteiger partial charge in [-0.3, -0.25) is 0 Å². The summed E-state index contributed by atoms with van der Waals surface area (Å²) in [5.74, 6) is 0.915. The Kier molecular flexibility index (Phi) is 3.97. The molecular weight excluding hydrogens is 226 g/mol. The van der Waals surface area contributed by atoms with Crippen LogP contribution in [0.2, 0.25) is 0 Å². The number of benzene rings is 1. The van der Waals surface area contributed by atoms with Crippen molar-refractivity contribution in [2.24, 2.45) is 0 Å². The lowest BCUT2D eigenvalue weighted by atomic mass is 10.1. The summed E-state index contributed by atoms with van der Waals surface area (Å²) in [7, 11) is 4.20. The Hall–Kier alpha value is -1.42. The van der Waals surface area contributed by atoms with Crippen molar-refractivity contribution in [3.63, 3.8) is 0 Å². The van der Waals surface area contributed by atoms with Gasteiger partial charge < -0.3 is 20.3 Å². The van der Waals surface area contributed by atoms with Gasteiger partial charge in [0, 0.05) is 6.54 Å². The van der Waals surface area contributed by atoms with Gasteiger partial charge in [-0.15, -0.1) is 0 Å². The minimum atomic E-state index is 0.221. The Labute approximate surface area is 109 Å². The topological polar surface area (TPSA) is 41.7 Å². The molecule has 1 aromatic rings. The van der Waals surface area contributed by atoms with Gasteiger partial charge in [0.15, 0.2) is 0 Å². The molecule has 0 bridgehead atoms. The van der Waals surface area contributed by atoms with E-state index in [4.69, 9.17) is 10.5 Å². The van der Waals surface area contributed by atoms with Gasteiger partial charge in [0.05, 0.1) is 12.2 Å². The van der Waals surface area contributed by atoms with Crippen molar-refractivity contribution in [1.29, 1.82) is 0 Å². The first-order valence-electron chi connectivity index (χ1n) is 6.52. The average molecular weight is 249 g/mol. The van der Waals surface area contributed by atoms with Gasteiger partial charge in [0.2, 0.25) is 0 Å². The predicted octanol–water partition coefficient (Wildman–Crippen LogP) is 1.81. The van der Waals surface area contributed by atoms with Crippen LogP contribution in [0.15, 0.2) is 18.2 Å². The Morgan fingerprint density at radius 1 is 1.44 bits per heavy atom. The van der Waals surface area contributed by atoms with Crippen molar-refractivity contribution in [2.45, 2.75) is 19.4 Å². The molecule has 4 heteroatoms. The van der Waals surface area contributed by atoms with Crippen LogP contribution in [0.1, 0.15) is 13.3 Å². The molecule has 18 heavy (non-hydrogen) atoms. The van der Waals surface area contributed by atoms with E-state index in [0.717, 1.165) is 43.2 Å². The van der Waals surface area contributed by atoms with E-state index in [1.54, 1.807) is 0 Å². The molecule has 2 rings (SSSR count). The number of rotatable bonds is 4. The number of ether oxygens (including phenoxy) is 1. The highest BCUT2D eigenvalue weighted by Crippen LogP contribution is 2.38. The van der Waals surface area contributed by atoms with E-state index in [-0.39, 0.29) is 6.10 Å². The molecule has 0 radical (unpaired) electrons. The molecule has 0 spiro atoms. The van der Waals surface area contributed by atoms with E-state index in [9.17, 15) is 0 Å². The van der Waals surface area contributed by atoms with Gasteiger partial charge in [-0.05, 0) is 46.1 Å². The molecule has 100 valence electrons. The van der Waals surface area contributed by atoms with Crippen LogP contribution in [0, 0.1) is 0 Å². The Morgan fingerprint density at radius 3 is 2.94 bits per heavy atom. The first-order chi connectivity index (χ1) is 8.58. The number of nitrogens with zero attached hydrogens (tertiary/aromatic N) is 2. The van der Waals surface area contributed by atoms with E-state index in [0.29, 0.717) is 0 Å². The van der Waals surface area contributed by atoms with E-state index >= 15 is 0 Å². The molecule has 1 unspecified atom stereocenters. The summed E-state index contributed by atoms with van der Waals surface area (Å²) in [6.45, 7) is 5.13. The van der Waals surface area contributed by atoms with Gasteiger partial charge in [-0.2, -0.15) is 0 Å². The highest BCUT2D eigenvalue weighted by Gasteiger charge is 2.24. The lowest BCUT2D eigenvalue weighted by Crippen LogP contribution is -2.40. The fourth-order valence-corrected chi connectivity index (χ4v) is 2.41. The SMILES string of the molecule is CC1CN(CCCN(C)C)c2c(N)cccc2O1.